The molecule has 1 fully saturated rings. The second-order valence-electron chi connectivity index (χ2n) is 6.61. The first-order valence-electron chi connectivity index (χ1n) is 8.92. The summed E-state index contributed by atoms with van der Waals surface area (Å²) in [5.74, 6) is 0.0162. The Morgan fingerprint density at radius 3 is 2.54 bits per heavy atom. The highest BCUT2D eigenvalue weighted by atomic mass is 16.2. The fourth-order valence-electron chi connectivity index (χ4n) is 3.08. The van der Waals surface area contributed by atoms with Gasteiger partial charge in [-0.25, -0.2) is 0 Å². The van der Waals surface area contributed by atoms with Crippen LogP contribution in [0.1, 0.15) is 39.0 Å². The SMILES string of the molecule is C[C@H](NC(=O)C1CCCC1)C(=O)NCCCN(C)c1ccccc1. The molecule has 2 N–H and O–H groups in total. The van der Waals surface area contributed by atoms with Crippen LogP contribution in [-0.2, 0) is 9.59 Å². The summed E-state index contributed by atoms with van der Waals surface area (Å²) in [5, 5.41) is 5.74. The van der Waals surface area contributed by atoms with Crippen molar-refractivity contribution in [2.75, 3.05) is 25.0 Å². The van der Waals surface area contributed by atoms with Gasteiger partial charge in [0.25, 0.3) is 0 Å². The molecule has 0 aromatic heterocycles. The van der Waals surface area contributed by atoms with Crippen molar-refractivity contribution in [3.63, 3.8) is 0 Å². The number of benzene rings is 1. The number of amides is 2. The lowest BCUT2D eigenvalue weighted by Gasteiger charge is -2.20. The van der Waals surface area contributed by atoms with E-state index in [1.807, 2.05) is 25.2 Å². The minimum atomic E-state index is -0.468. The minimum absolute atomic E-state index is 0.0268. The van der Waals surface area contributed by atoms with Gasteiger partial charge in [-0.3, -0.25) is 9.59 Å². The van der Waals surface area contributed by atoms with Crippen LogP contribution >= 0.6 is 0 Å². The van der Waals surface area contributed by atoms with Gasteiger partial charge >= 0.3 is 0 Å². The van der Waals surface area contributed by atoms with Crippen LogP contribution in [-0.4, -0.2) is 38.0 Å². The molecule has 132 valence electrons. The van der Waals surface area contributed by atoms with Crippen LogP contribution in [0, 0.1) is 5.92 Å². The molecule has 5 heteroatoms. The van der Waals surface area contributed by atoms with Crippen LogP contribution in [0.2, 0.25) is 0 Å². The molecule has 5 nitrogen and oxygen atoms in total. The molecule has 0 heterocycles. The third kappa shape index (κ3) is 5.55. The summed E-state index contributed by atoms with van der Waals surface area (Å²) in [7, 11) is 2.04. The third-order valence-electron chi connectivity index (χ3n) is 4.64. The van der Waals surface area contributed by atoms with E-state index in [4.69, 9.17) is 0 Å². The fourth-order valence-corrected chi connectivity index (χ4v) is 3.08. The molecule has 0 spiro atoms. The molecule has 24 heavy (non-hydrogen) atoms. The Morgan fingerprint density at radius 1 is 1.21 bits per heavy atom. The molecule has 0 saturated heterocycles. The van der Waals surface area contributed by atoms with Gasteiger partial charge in [-0.15, -0.1) is 0 Å². The summed E-state index contributed by atoms with van der Waals surface area (Å²) in [5.41, 5.74) is 1.17. The maximum atomic E-state index is 12.1. The number of para-hydroxylation sites is 1. The van der Waals surface area contributed by atoms with Gasteiger partial charge in [-0.1, -0.05) is 31.0 Å². The lowest BCUT2D eigenvalue weighted by molar-refractivity contribution is -0.130. The Morgan fingerprint density at radius 2 is 1.88 bits per heavy atom. The lowest BCUT2D eigenvalue weighted by atomic mass is 10.1. The summed E-state index contributed by atoms with van der Waals surface area (Å²) in [6, 6.07) is 9.70. The molecule has 2 amide bonds. The monoisotopic (exact) mass is 331 g/mol. The summed E-state index contributed by atoms with van der Waals surface area (Å²) < 4.78 is 0. The van der Waals surface area contributed by atoms with E-state index in [0.29, 0.717) is 6.54 Å². The Kier molecular flexibility index (Phi) is 7.09. The zero-order valence-electron chi connectivity index (χ0n) is 14.8. The van der Waals surface area contributed by atoms with Crippen molar-refractivity contribution in [3.05, 3.63) is 30.3 Å². The predicted molar refractivity (Wildman–Crippen MR) is 96.9 cm³/mol. The second-order valence-corrected chi connectivity index (χ2v) is 6.61. The number of anilines is 1. The van der Waals surface area contributed by atoms with Crippen molar-refractivity contribution in [2.45, 2.75) is 45.1 Å². The first kappa shape index (κ1) is 18.3. The zero-order chi connectivity index (χ0) is 17.4. The van der Waals surface area contributed by atoms with E-state index in [9.17, 15) is 9.59 Å². The van der Waals surface area contributed by atoms with E-state index in [0.717, 1.165) is 38.6 Å². The Balaban J connectivity index is 1.62. The van der Waals surface area contributed by atoms with Crippen LogP contribution in [0.25, 0.3) is 0 Å². The number of carbonyl (C=O) groups excluding carboxylic acids is 2. The van der Waals surface area contributed by atoms with E-state index < -0.39 is 6.04 Å². The highest BCUT2D eigenvalue weighted by Crippen LogP contribution is 2.24. The Hall–Kier alpha value is -2.04. The van der Waals surface area contributed by atoms with Crippen LogP contribution in [0.4, 0.5) is 5.69 Å². The van der Waals surface area contributed by atoms with Gasteiger partial charge in [-0.05, 0) is 38.3 Å². The highest BCUT2D eigenvalue weighted by Gasteiger charge is 2.25. The lowest BCUT2D eigenvalue weighted by Crippen LogP contribution is -2.46. The van der Waals surface area contributed by atoms with Gasteiger partial charge in [0, 0.05) is 31.7 Å². The zero-order valence-corrected chi connectivity index (χ0v) is 14.8. The van der Waals surface area contributed by atoms with Crippen molar-refractivity contribution in [1.29, 1.82) is 0 Å². The van der Waals surface area contributed by atoms with E-state index in [1.165, 1.54) is 5.69 Å². The third-order valence-corrected chi connectivity index (χ3v) is 4.64. The van der Waals surface area contributed by atoms with Crippen LogP contribution in [0.3, 0.4) is 0 Å². The van der Waals surface area contributed by atoms with Gasteiger partial charge in [0.05, 0.1) is 0 Å². The van der Waals surface area contributed by atoms with Crippen molar-refractivity contribution in [3.8, 4) is 0 Å². The van der Waals surface area contributed by atoms with Crippen molar-refractivity contribution in [2.24, 2.45) is 5.92 Å². The molecular weight excluding hydrogens is 302 g/mol. The molecule has 1 atom stereocenters. The Bertz CT molecular complexity index is 527. The molecule has 1 saturated carbocycles. The summed E-state index contributed by atoms with van der Waals surface area (Å²) in [6.45, 7) is 3.23. The van der Waals surface area contributed by atoms with E-state index in [1.54, 1.807) is 6.92 Å². The topological polar surface area (TPSA) is 61.4 Å². The molecule has 0 aliphatic heterocycles. The van der Waals surface area contributed by atoms with Gasteiger partial charge < -0.3 is 15.5 Å². The molecular formula is C19H29N3O2. The second kappa shape index (κ2) is 9.30. The van der Waals surface area contributed by atoms with Crippen LogP contribution < -0.4 is 15.5 Å². The van der Waals surface area contributed by atoms with Crippen molar-refractivity contribution < 1.29 is 9.59 Å². The van der Waals surface area contributed by atoms with Crippen molar-refractivity contribution >= 4 is 17.5 Å². The van der Waals surface area contributed by atoms with Gasteiger partial charge in [0.1, 0.15) is 6.04 Å². The number of nitrogens with zero attached hydrogens (tertiary/aromatic N) is 1. The predicted octanol–water partition coefficient (Wildman–Crippen LogP) is 2.32. The summed E-state index contributed by atoms with van der Waals surface area (Å²) >= 11 is 0. The number of carbonyl (C=O) groups is 2. The summed E-state index contributed by atoms with van der Waals surface area (Å²) in [4.78, 5) is 26.3. The molecule has 2 rings (SSSR count). The highest BCUT2D eigenvalue weighted by molar-refractivity contribution is 5.88. The first-order valence-corrected chi connectivity index (χ1v) is 8.92. The van der Waals surface area contributed by atoms with Gasteiger partial charge in [0.15, 0.2) is 0 Å². The molecule has 0 radical (unpaired) electrons. The number of hydrogen-bond acceptors (Lipinski definition) is 3. The summed E-state index contributed by atoms with van der Waals surface area (Å²) in [6.07, 6.45) is 5.00. The van der Waals surface area contributed by atoms with E-state index in [2.05, 4.69) is 27.7 Å². The standard InChI is InChI=1S/C19H29N3O2/c1-15(21-19(24)16-9-6-7-10-16)18(23)20-13-8-14-22(2)17-11-4-3-5-12-17/h3-5,11-12,15-16H,6-10,13-14H2,1-2H3,(H,20,23)(H,21,24)/t15-/m0/s1. The minimum Gasteiger partial charge on any atom is -0.375 e. The van der Waals surface area contributed by atoms with Gasteiger partial charge in [-0.2, -0.15) is 0 Å². The van der Waals surface area contributed by atoms with Crippen LogP contribution in [0.5, 0.6) is 0 Å². The Labute approximate surface area is 144 Å². The number of nitrogens with one attached hydrogen (secondary N) is 2. The number of hydrogen-bond donors (Lipinski definition) is 2. The quantitative estimate of drug-likeness (QED) is 0.719. The van der Waals surface area contributed by atoms with E-state index >= 15 is 0 Å². The van der Waals surface area contributed by atoms with Gasteiger partial charge in [0.2, 0.25) is 11.8 Å². The molecule has 0 bridgehead atoms. The molecule has 1 aromatic rings. The average molecular weight is 331 g/mol. The maximum Gasteiger partial charge on any atom is 0.242 e. The first-order chi connectivity index (χ1) is 11.6. The largest absolute Gasteiger partial charge is 0.375 e. The molecule has 1 aliphatic rings. The molecule has 1 aromatic carbocycles. The average Bonchev–Trinajstić information content (AvgIpc) is 3.13. The number of rotatable bonds is 8. The van der Waals surface area contributed by atoms with E-state index in [-0.39, 0.29) is 17.7 Å². The maximum absolute atomic E-state index is 12.1. The molecule has 0 unspecified atom stereocenters. The molecule has 1 aliphatic carbocycles. The fraction of sp³-hybridized carbons (Fsp3) is 0.579. The smallest absolute Gasteiger partial charge is 0.242 e. The normalized spacial score (nSPS) is 15.8. The van der Waals surface area contributed by atoms with Crippen molar-refractivity contribution in [1.82, 2.24) is 10.6 Å². The van der Waals surface area contributed by atoms with Crippen LogP contribution in [0.15, 0.2) is 30.3 Å².